The topological polar surface area (TPSA) is 89.8 Å². The number of carbonyl (C=O) groups excluding carboxylic acids is 1. The van der Waals surface area contributed by atoms with Crippen LogP contribution in [0, 0.1) is 0 Å². The van der Waals surface area contributed by atoms with Crippen molar-refractivity contribution in [1.29, 1.82) is 0 Å². The normalized spacial score (nSPS) is 13.9. The molecule has 0 aliphatic heterocycles. The van der Waals surface area contributed by atoms with E-state index in [-0.39, 0.29) is 12.5 Å². The summed E-state index contributed by atoms with van der Waals surface area (Å²) in [4.78, 5) is 12.4. The van der Waals surface area contributed by atoms with Crippen LogP contribution in [-0.4, -0.2) is 46.1 Å². The van der Waals surface area contributed by atoms with Crippen LogP contribution >= 0.6 is 0 Å². The Morgan fingerprint density at radius 3 is 1.22 bits per heavy atom. The van der Waals surface area contributed by atoms with E-state index in [1.54, 1.807) is 0 Å². The molecule has 5 heteroatoms. The molecule has 0 rings (SSSR count). The lowest BCUT2D eigenvalue weighted by Gasteiger charge is -2.26. The van der Waals surface area contributed by atoms with Gasteiger partial charge in [0.05, 0.1) is 18.8 Å². The van der Waals surface area contributed by atoms with Gasteiger partial charge in [0, 0.05) is 6.42 Å². The van der Waals surface area contributed by atoms with Gasteiger partial charge in [-0.15, -0.1) is 0 Å². The Hall–Kier alpha value is -1.69. The summed E-state index contributed by atoms with van der Waals surface area (Å²) >= 11 is 0. The first-order chi connectivity index (χ1) is 27.1. The molecular formula is C50H93NO4. The van der Waals surface area contributed by atoms with Crippen molar-refractivity contribution in [2.24, 2.45) is 0 Å². The lowest BCUT2D eigenvalue weighted by molar-refractivity contribution is -0.124. The number of allylic oxidation sites excluding steroid dienone is 8. The fourth-order valence-corrected chi connectivity index (χ4v) is 7.15. The molecule has 0 aromatic rings. The van der Waals surface area contributed by atoms with E-state index in [1.165, 1.54) is 161 Å². The highest BCUT2D eigenvalue weighted by Gasteiger charge is 2.26. The van der Waals surface area contributed by atoms with E-state index in [0.717, 1.165) is 51.4 Å². The largest absolute Gasteiger partial charge is 0.394 e. The van der Waals surface area contributed by atoms with Gasteiger partial charge in [-0.3, -0.25) is 4.79 Å². The molecule has 0 aliphatic rings. The Morgan fingerprint density at radius 1 is 0.455 bits per heavy atom. The lowest BCUT2D eigenvalue weighted by Crippen LogP contribution is -2.50. The Bertz CT molecular complexity index is 896. The highest BCUT2D eigenvalue weighted by atomic mass is 16.3. The van der Waals surface area contributed by atoms with Gasteiger partial charge in [0.15, 0.2) is 0 Å². The molecule has 0 saturated carbocycles. The van der Waals surface area contributed by atoms with E-state index in [0.29, 0.717) is 12.8 Å². The fourth-order valence-electron chi connectivity index (χ4n) is 7.15. The molecule has 1 amide bonds. The van der Waals surface area contributed by atoms with Crippen LogP contribution in [0.4, 0.5) is 0 Å². The summed E-state index contributed by atoms with van der Waals surface area (Å²) in [5, 5.41) is 33.5. The van der Waals surface area contributed by atoms with E-state index in [4.69, 9.17) is 0 Å². The number of hydrogen-bond donors (Lipinski definition) is 4. The van der Waals surface area contributed by atoms with Gasteiger partial charge in [0.25, 0.3) is 0 Å². The molecular weight excluding hydrogens is 679 g/mol. The first kappa shape index (κ1) is 53.3. The van der Waals surface area contributed by atoms with Crippen molar-refractivity contribution in [2.45, 2.75) is 257 Å². The highest BCUT2D eigenvalue weighted by Crippen LogP contribution is 2.15. The molecule has 3 unspecified atom stereocenters. The molecule has 4 N–H and O–H groups in total. The van der Waals surface area contributed by atoms with Gasteiger partial charge in [-0.05, 0) is 83.5 Å². The van der Waals surface area contributed by atoms with Gasteiger partial charge in [0.2, 0.25) is 5.91 Å². The molecule has 0 fully saturated rings. The van der Waals surface area contributed by atoms with Crippen molar-refractivity contribution in [2.75, 3.05) is 6.61 Å². The zero-order chi connectivity index (χ0) is 40.1. The zero-order valence-corrected chi connectivity index (χ0v) is 36.6. The van der Waals surface area contributed by atoms with E-state index in [1.807, 2.05) is 0 Å². The van der Waals surface area contributed by atoms with Crippen molar-refractivity contribution < 1.29 is 20.1 Å². The summed E-state index contributed by atoms with van der Waals surface area (Å²) in [6, 6.07) is -0.834. The minimum atomic E-state index is -1.17. The van der Waals surface area contributed by atoms with Crippen LogP contribution in [0.15, 0.2) is 48.6 Å². The smallest absolute Gasteiger partial charge is 0.220 e. The summed E-state index contributed by atoms with van der Waals surface area (Å²) in [6.07, 6.45) is 58.1. The van der Waals surface area contributed by atoms with Crippen LogP contribution in [0.5, 0.6) is 0 Å². The van der Waals surface area contributed by atoms with Crippen LogP contribution < -0.4 is 5.32 Å². The van der Waals surface area contributed by atoms with E-state index >= 15 is 0 Å². The minimum absolute atomic E-state index is 0.161. The number of hydrogen-bond acceptors (Lipinski definition) is 4. The molecule has 0 aliphatic carbocycles. The number of carbonyl (C=O) groups is 1. The molecule has 0 bridgehead atoms. The standard InChI is InChI=1S/C50H93NO4/c1-3-5-7-9-11-13-15-17-19-20-21-22-23-24-25-26-27-28-29-30-31-33-35-37-39-41-43-45-49(54)51-47(46-52)50(55)48(53)44-42-40-38-36-34-32-18-16-14-12-10-8-6-4-2/h16,18,21-22,24-25,36,38,47-48,50,52-53,55H,3-15,17,19-20,23,26-35,37,39-46H2,1-2H3,(H,51,54)/b18-16+,22-21-,25-24-,38-36+. The maximum atomic E-state index is 12.4. The molecule has 55 heavy (non-hydrogen) atoms. The maximum Gasteiger partial charge on any atom is 0.220 e. The summed E-state index contributed by atoms with van der Waals surface area (Å²) in [6.45, 7) is 4.15. The number of rotatable bonds is 43. The maximum absolute atomic E-state index is 12.4. The molecule has 5 nitrogen and oxygen atoms in total. The van der Waals surface area contributed by atoms with Crippen LogP contribution in [0.25, 0.3) is 0 Å². The van der Waals surface area contributed by atoms with Crippen molar-refractivity contribution in [3.63, 3.8) is 0 Å². The van der Waals surface area contributed by atoms with Gasteiger partial charge < -0.3 is 20.6 Å². The first-order valence-electron chi connectivity index (χ1n) is 23.9. The second-order valence-corrected chi connectivity index (χ2v) is 16.3. The van der Waals surface area contributed by atoms with Gasteiger partial charge in [-0.2, -0.15) is 0 Å². The highest BCUT2D eigenvalue weighted by molar-refractivity contribution is 5.76. The Balaban J connectivity index is 3.62. The molecule has 0 aromatic carbocycles. The third-order valence-corrected chi connectivity index (χ3v) is 10.9. The van der Waals surface area contributed by atoms with E-state index in [9.17, 15) is 20.1 Å². The summed E-state index contributed by atoms with van der Waals surface area (Å²) in [7, 11) is 0. The molecule has 0 heterocycles. The second-order valence-electron chi connectivity index (χ2n) is 16.3. The fraction of sp³-hybridized carbons (Fsp3) is 0.820. The molecule has 322 valence electrons. The third kappa shape index (κ3) is 40.3. The zero-order valence-electron chi connectivity index (χ0n) is 36.6. The van der Waals surface area contributed by atoms with Crippen molar-refractivity contribution in [1.82, 2.24) is 5.32 Å². The van der Waals surface area contributed by atoms with Crippen molar-refractivity contribution >= 4 is 5.91 Å². The van der Waals surface area contributed by atoms with E-state index < -0.39 is 18.2 Å². The van der Waals surface area contributed by atoms with Gasteiger partial charge in [-0.25, -0.2) is 0 Å². The van der Waals surface area contributed by atoms with Gasteiger partial charge in [0.1, 0.15) is 6.10 Å². The Labute approximate surface area is 342 Å². The lowest BCUT2D eigenvalue weighted by atomic mass is 10.0. The summed E-state index contributed by atoms with van der Waals surface area (Å²) < 4.78 is 0. The molecule has 0 radical (unpaired) electrons. The molecule has 3 atom stereocenters. The first-order valence-corrected chi connectivity index (χ1v) is 23.9. The van der Waals surface area contributed by atoms with Crippen LogP contribution in [0.1, 0.15) is 239 Å². The van der Waals surface area contributed by atoms with Crippen LogP contribution in [0.2, 0.25) is 0 Å². The second kappa shape index (κ2) is 45.0. The van der Waals surface area contributed by atoms with Gasteiger partial charge in [-0.1, -0.05) is 197 Å². The monoisotopic (exact) mass is 772 g/mol. The average molecular weight is 772 g/mol. The third-order valence-electron chi connectivity index (χ3n) is 10.9. The summed E-state index contributed by atoms with van der Waals surface area (Å²) in [5.74, 6) is -0.161. The number of aliphatic hydroxyl groups excluding tert-OH is 3. The predicted octanol–water partition coefficient (Wildman–Crippen LogP) is 14.1. The average Bonchev–Trinajstić information content (AvgIpc) is 3.19. The summed E-state index contributed by atoms with van der Waals surface area (Å²) in [5.41, 5.74) is 0. The molecule has 0 spiro atoms. The Kier molecular flexibility index (Phi) is 43.6. The quantitative estimate of drug-likeness (QED) is 0.0367. The number of aliphatic hydroxyl groups is 3. The van der Waals surface area contributed by atoms with Crippen molar-refractivity contribution in [3.8, 4) is 0 Å². The van der Waals surface area contributed by atoms with Gasteiger partial charge >= 0.3 is 0 Å². The van der Waals surface area contributed by atoms with E-state index in [2.05, 4.69) is 67.8 Å². The number of unbranched alkanes of at least 4 members (excludes halogenated alkanes) is 27. The Morgan fingerprint density at radius 2 is 0.800 bits per heavy atom. The van der Waals surface area contributed by atoms with Crippen LogP contribution in [0.3, 0.4) is 0 Å². The molecule has 0 saturated heterocycles. The SMILES string of the molecule is CCCCCCC/C=C/CC/C=C/CCCC(O)C(O)C(CO)NC(=O)CCCCCCCCCCCCC/C=C\C/C=C\CCCCCCCCCCC. The number of amides is 1. The molecule has 0 aromatic heterocycles. The number of nitrogens with one attached hydrogen (secondary N) is 1. The minimum Gasteiger partial charge on any atom is -0.394 e. The van der Waals surface area contributed by atoms with Crippen LogP contribution in [-0.2, 0) is 4.79 Å². The predicted molar refractivity (Wildman–Crippen MR) is 241 cm³/mol. The van der Waals surface area contributed by atoms with Crippen molar-refractivity contribution in [3.05, 3.63) is 48.6 Å².